The number of carbonyl (C=O) groups is 3. The molecule has 9 heteroatoms. The maximum Gasteiger partial charge on any atom is 0.343 e. The van der Waals surface area contributed by atoms with Gasteiger partial charge in [0.2, 0.25) is 0 Å². The first-order valence-corrected chi connectivity index (χ1v) is 11.2. The number of methoxy groups -OCH3 is 1. The average molecular weight is 498 g/mol. The summed E-state index contributed by atoms with van der Waals surface area (Å²) in [5, 5.41) is -0.109. The Bertz CT molecular complexity index is 1330. The molecule has 0 atom stereocenters. The maximum absolute atomic E-state index is 14.0. The number of carbonyl (C=O) groups excluding carboxylic acids is 3. The highest BCUT2D eigenvalue weighted by Crippen LogP contribution is 2.35. The monoisotopic (exact) mass is 497 g/mol. The lowest BCUT2D eigenvalue weighted by molar-refractivity contribution is -0.123. The molecular formula is C25H17ClFNO5S. The summed E-state index contributed by atoms with van der Waals surface area (Å²) in [6.45, 7) is -0.167. The van der Waals surface area contributed by atoms with Crippen LogP contribution in [0.1, 0.15) is 21.5 Å². The van der Waals surface area contributed by atoms with Crippen LogP contribution in [0.2, 0.25) is 5.02 Å². The number of hydrogen-bond donors (Lipinski definition) is 0. The lowest BCUT2D eigenvalue weighted by Gasteiger charge is -2.13. The van der Waals surface area contributed by atoms with Crippen LogP contribution in [0.3, 0.4) is 0 Å². The lowest BCUT2D eigenvalue weighted by Crippen LogP contribution is -2.27. The van der Waals surface area contributed by atoms with Crippen LogP contribution in [-0.4, -0.2) is 29.1 Å². The van der Waals surface area contributed by atoms with Gasteiger partial charge in [-0.2, -0.15) is 0 Å². The Morgan fingerprint density at radius 2 is 1.85 bits per heavy atom. The quantitative estimate of drug-likeness (QED) is 0.238. The predicted octanol–water partition coefficient (Wildman–Crippen LogP) is 5.94. The minimum Gasteiger partial charge on any atom is -0.493 e. The Labute approximate surface area is 203 Å². The fraction of sp³-hybridized carbons (Fsp3) is 0.0800. The molecule has 0 aliphatic carbocycles. The van der Waals surface area contributed by atoms with E-state index in [4.69, 9.17) is 21.1 Å². The summed E-state index contributed by atoms with van der Waals surface area (Å²) in [5.74, 6) is -1.23. The van der Waals surface area contributed by atoms with Crippen LogP contribution in [0, 0.1) is 5.82 Å². The third-order valence-corrected chi connectivity index (χ3v) is 6.05. The van der Waals surface area contributed by atoms with Gasteiger partial charge >= 0.3 is 5.97 Å². The minimum absolute atomic E-state index is 0.131. The van der Waals surface area contributed by atoms with E-state index in [0.29, 0.717) is 16.3 Å². The molecule has 34 heavy (non-hydrogen) atoms. The fourth-order valence-electron chi connectivity index (χ4n) is 3.22. The van der Waals surface area contributed by atoms with Crippen LogP contribution >= 0.6 is 23.4 Å². The van der Waals surface area contributed by atoms with Crippen LogP contribution in [0.4, 0.5) is 9.18 Å². The van der Waals surface area contributed by atoms with Crippen molar-refractivity contribution in [1.29, 1.82) is 0 Å². The van der Waals surface area contributed by atoms with E-state index in [0.717, 1.165) is 16.7 Å². The van der Waals surface area contributed by atoms with Crippen molar-refractivity contribution in [3.8, 4) is 11.5 Å². The molecule has 1 saturated heterocycles. The summed E-state index contributed by atoms with van der Waals surface area (Å²) in [5.41, 5.74) is 1.01. The van der Waals surface area contributed by atoms with Crippen molar-refractivity contribution >= 4 is 46.6 Å². The van der Waals surface area contributed by atoms with Gasteiger partial charge in [0.1, 0.15) is 5.82 Å². The molecule has 1 aliphatic heterocycles. The van der Waals surface area contributed by atoms with Crippen LogP contribution in [0.25, 0.3) is 6.08 Å². The van der Waals surface area contributed by atoms with E-state index in [1.54, 1.807) is 36.4 Å². The van der Waals surface area contributed by atoms with E-state index in [1.807, 2.05) is 0 Å². The van der Waals surface area contributed by atoms with Crippen molar-refractivity contribution in [2.24, 2.45) is 0 Å². The highest BCUT2D eigenvalue weighted by atomic mass is 35.5. The van der Waals surface area contributed by atoms with Crippen molar-refractivity contribution in [1.82, 2.24) is 4.90 Å². The number of rotatable bonds is 6. The van der Waals surface area contributed by atoms with E-state index >= 15 is 0 Å². The highest BCUT2D eigenvalue weighted by molar-refractivity contribution is 8.18. The van der Waals surface area contributed by atoms with Gasteiger partial charge in [0.25, 0.3) is 11.1 Å². The van der Waals surface area contributed by atoms with Crippen LogP contribution in [0.5, 0.6) is 11.5 Å². The second-order valence-corrected chi connectivity index (χ2v) is 8.60. The molecule has 0 unspecified atom stereocenters. The predicted molar refractivity (Wildman–Crippen MR) is 127 cm³/mol. The maximum atomic E-state index is 14.0. The second kappa shape index (κ2) is 10.1. The number of halogens is 2. The number of benzene rings is 3. The summed E-state index contributed by atoms with van der Waals surface area (Å²) >= 11 is 6.69. The molecule has 0 bridgehead atoms. The molecule has 2 amide bonds. The zero-order valence-electron chi connectivity index (χ0n) is 17.8. The lowest BCUT2D eigenvalue weighted by atomic mass is 10.1. The molecule has 1 aliphatic rings. The molecule has 0 radical (unpaired) electrons. The Morgan fingerprint density at radius 3 is 2.59 bits per heavy atom. The number of thioether (sulfide) groups is 1. The van der Waals surface area contributed by atoms with Gasteiger partial charge in [-0.15, -0.1) is 0 Å². The summed E-state index contributed by atoms with van der Waals surface area (Å²) in [6.07, 6.45) is 1.50. The molecule has 6 nitrogen and oxygen atoms in total. The summed E-state index contributed by atoms with van der Waals surface area (Å²) in [6, 6.07) is 17.0. The molecular weight excluding hydrogens is 481 g/mol. The van der Waals surface area contributed by atoms with Gasteiger partial charge in [0, 0.05) is 10.6 Å². The van der Waals surface area contributed by atoms with Gasteiger partial charge in [-0.1, -0.05) is 41.9 Å². The second-order valence-electron chi connectivity index (χ2n) is 7.17. The number of ether oxygens (including phenoxy) is 2. The SMILES string of the molecule is COc1ccc(/C=C2\SC(=O)N(Cc3ccccc3F)C2=O)cc1OC(=O)c1cccc(Cl)c1. The van der Waals surface area contributed by atoms with Crippen molar-refractivity contribution in [2.45, 2.75) is 6.54 Å². The molecule has 0 N–H and O–H groups in total. The Kier molecular flexibility index (Phi) is 7.00. The van der Waals surface area contributed by atoms with Gasteiger partial charge in [0.15, 0.2) is 11.5 Å². The molecule has 1 fully saturated rings. The number of hydrogen-bond acceptors (Lipinski definition) is 6. The normalized spacial score (nSPS) is 14.6. The molecule has 1 heterocycles. The van der Waals surface area contributed by atoms with E-state index in [1.165, 1.54) is 43.5 Å². The molecule has 0 aromatic heterocycles. The van der Waals surface area contributed by atoms with Gasteiger partial charge in [-0.05, 0) is 59.8 Å². The zero-order valence-corrected chi connectivity index (χ0v) is 19.4. The molecule has 172 valence electrons. The highest BCUT2D eigenvalue weighted by Gasteiger charge is 2.35. The Hall–Kier alpha value is -3.62. The average Bonchev–Trinajstić information content (AvgIpc) is 3.08. The molecule has 3 aromatic carbocycles. The van der Waals surface area contributed by atoms with Gasteiger partial charge in [-0.25, -0.2) is 9.18 Å². The summed E-state index contributed by atoms with van der Waals surface area (Å²) in [7, 11) is 1.43. The Morgan fingerprint density at radius 1 is 1.06 bits per heavy atom. The number of imide groups is 1. The summed E-state index contributed by atoms with van der Waals surface area (Å²) in [4.78, 5) is 38.9. The largest absolute Gasteiger partial charge is 0.493 e. The molecule has 0 saturated carbocycles. The number of amides is 2. The van der Waals surface area contributed by atoms with E-state index in [2.05, 4.69) is 0 Å². The van der Waals surface area contributed by atoms with Gasteiger partial charge in [-0.3, -0.25) is 14.5 Å². The zero-order chi connectivity index (χ0) is 24.2. The third-order valence-electron chi connectivity index (χ3n) is 4.91. The number of esters is 1. The smallest absolute Gasteiger partial charge is 0.343 e. The van der Waals surface area contributed by atoms with E-state index < -0.39 is 22.9 Å². The van der Waals surface area contributed by atoms with E-state index in [9.17, 15) is 18.8 Å². The van der Waals surface area contributed by atoms with Crippen molar-refractivity contribution < 1.29 is 28.2 Å². The van der Waals surface area contributed by atoms with Crippen LogP contribution in [0.15, 0.2) is 71.6 Å². The van der Waals surface area contributed by atoms with Crippen LogP contribution in [-0.2, 0) is 11.3 Å². The standard InChI is InChI=1S/C25H17ClFNO5S/c1-32-20-10-9-15(11-21(20)33-24(30)16-6-4-7-18(26)13-16)12-22-23(29)28(25(31)34-22)14-17-5-2-3-8-19(17)27/h2-13H,14H2,1H3/b22-12-. The van der Waals surface area contributed by atoms with Crippen molar-refractivity contribution in [3.63, 3.8) is 0 Å². The molecule has 0 spiro atoms. The first-order valence-electron chi connectivity index (χ1n) is 10.0. The topological polar surface area (TPSA) is 72.9 Å². The first kappa shape index (κ1) is 23.5. The Balaban J connectivity index is 1.57. The third kappa shape index (κ3) is 5.13. The first-order chi connectivity index (χ1) is 16.4. The summed E-state index contributed by atoms with van der Waals surface area (Å²) < 4.78 is 24.7. The van der Waals surface area contributed by atoms with Crippen molar-refractivity contribution in [3.05, 3.63) is 99.2 Å². The van der Waals surface area contributed by atoms with Gasteiger partial charge < -0.3 is 9.47 Å². The minimum atomic E-state index is -0.636. The van der Waals surface area contributed by atoms with Crippen LogP contribution < -0.4 is 9.47 Å². The fourth-order valence-corrected chi connectivity index (χ4v) is 4.25. The van der Waals surface area contributed by atoms with Crippen molar-refractivity contribution in [2.75, 3.05) is 7.11 Å². The molecule has 3 aromatic rings. The molecule has 4 rings (SSSR count). The van der Waals surface area contributed by atoms with Gasteiger partial charge in [0.05, 0.1) is 24.1 Å². The van der Waals surface area contributed by atoms with E-state index in [-0.39, 0.29) is 28.3 Å². The number of nitrogens with zero attached hydrogens (tertiary/aromatic N) is 1.